The molecule has 3 rings (SSSR count). The van der Waals surface area contributed by atoms with Crippen LogP contribution < -0.4 is 5.73 Å². The zero-order valence-electron chi connectivity index (χ0n) is 11.8. The molecule has 2 aromatic rings. The highest BCUT2D eigenvalue weighted by atomic mass is 35.5. The minimum Gasteiger partial charge on any atom is -0.399 e. The van der Waals surface area contributed by atoms with Gasteiger partial charge in [0.2, 0.25) is 0 Å². The van der Waals surface area contributed by atoms with Crippen molar-refractivity contribution in [1.29, 1.82) is 0 Å². The molecule has 2 nitrogen and oxygen atoms in total. The molecule has 0 bridgehead atoms. The van der Waals surface area contributed by atoms with Crippen LogP contribution in [0.3, 0.4) is 0 Å². The highest BCUT2D eigenvalue weighted by molar-refractivity contribution is 6.30. The molecule has 1 aliphatic rings. The third kappa shape index (κ3) is 4.13. The molecule has 4 heteroatoms. The van der Waals surface area contributed by atoms with Crippen molar-refractivity contribution in [2.24, 2.45) is 0 Å². The maximum absolute atomic E-state index is 5.95. The zero-order chi connectivity index (χ0) is 13.9. The highest BCUT2D eigenvalue weighted by Gasteiger charge is 2.23. The molecule has 0 aromatic heterocycles. The molecule has 2 N–H and O–H groups in total. The van der Waals surface area contributed by atoms with Gasteiger partial charge in [0.25, 0.3) is 0 Å². The average molecular weight is 323 g/mol. The van der Waals surface area contributed by atoms with Crippen LogP contribution in [0.4, 0.5) is 5.69 Å². The summed E-state index contributed by atoms with van der Waals surface area (Å²) in [5.74, 6) is 0.619. The maximum Gasteiger partial charge on any atom is 0.0406 e. The lowest BCUT2D eigenvalue weighted by atomic mass is 9.99. The van der Waals surface area contributed by atoms with Crippen molar-refractivity contribution in [3.63, 3.8) is 0 Å². The van der Waals surface area contributed by atoms with Crippen molar-refractivity contribution in [2.75, 3.05) is 18.8 Å². The third-order valence-corrected chi connectivity index (χ3v) is 4.22. The number of anilines is 1. The fourth-order valence-corrected chi connectivity index (χ4v) is 3.06. The Morgan fingerprint density at radius 3 is 2.62 bits per heavy atom. The van der Waals surface area contributed by atoms with Gasteiger partial charge in [-0.15, -0.1) is 12.4 Å². The van der Waals surface area contributed by atoms with Crippen LogP contribution in [-0.4, -0.2) is 18.0 Å². The lowest BCUT2D eigenvalue weighted by Crippen LogP contribution is -2.19. The second-order valence-corrected chi connectivity index (χ2v) is 5.95. The van der Waals surface area contributed by atoms with Gasteiger partial charge in [0.15, 0.2) is 0 Å². The molecular formula is C17H20Cl2N2. The van der Waals surface area contributed by atoms with Crippen molar-refractivity contribution in [3.05, 3.63) is 64.7 Å². The van der Waals surface area contributed by atoms with Gasteiger partial charge in [-0.05, 0) is 54.3 Å². The number of nitrogens with two attached hydrogens (primary N) is 1. The third-order valence-electron chi connectivity index (χ3n) is 3.97. The molecule has 0 spiro atoms. The van der Waals surface area contributed by atoms with Crippen LogP contribution >= 0.6 is 24.0 Å². The van der Waals surface area contributed by atoms with Crippen LogP contribution in [0.1, 0.15) is 23.5 Å². The van der Waals surface area contributed by atoms with E-state index in [0.29, 0.717) is 5.92 Å². The van der Waals surface area contributed by atoms with Crippen LogP contribution in [0.5, 0.6) is 0 Å². The Balaban J connectivity index is 0.00000161. The fraction of sp³-hybridized carbons (Fsp3) is 0.294. The van der Waals surface area contributed by atoms with Crippen LogP contribution in [0.2, 0.25) is 5.02 Å². The van der Waals surface area contributed by atoms with E-state index >= 15 is 0 Å². The van der Waals surface area contributed by atoms with Crippen molar-refractivity contribution < 1.29 is 0 Å². The summed E-state index contributed by atoms with van der Waals surface area (Å²) < 4.78 is 0. The number of benzene rings is 2. The van der Waals surface area contributed by atoms with Gasteiger partial charge in [-0.2, -0.15) is 0 Å². The molecule has 112 valence electrons. The number of rotatable bonds is 3. The smallest absolute Gasteiger partial charge is 0.0406 e. The van der Waals surface area contributed by atoms with Crippen molar-refractivity contribution >= 4 is 29.7 Å². The van der Waals surface area contributed by atoms with E-state index in [0.717, 1.165) is 30.3 Å². The van der Waals surface area contributed by atoms with E-state index in [4.69, 9.17) is 17.3 Å². The largest absolute Gasteiger partial charge is 0.399 e. The molecule has 1 unspecified atom stereocenters. The molecule has 1 heterocycles. The number of likely N-dealkylation sites (tertiary alicyclic amines) is 1. The van der Waals surface area contributed by atoms with E-state index in [2.05, 4.69) is 29.2 Å². The van der Waals surface area contributed by atoms with E-state index in [1.165, 1.54) is 17.5 Å². The Labute approximate surface area is 137 Å². The molecule has 1 atom stereocenters. The Morgan fingerprint density at radius 1 is 1.14 bits per heavy atom. The first-order valence-corrected chi connectivity index (χ1v) is 7.41. The number of nitrogens with zero attached hydrogens (tertiary/aromatic N) is 1. The van der Waals surface area contributed by atoms with Gasteiger partial charge in [0.1, 0.15) is 0 Å². The number of nitrogen functional groups attached to an aromatic ring is 1. The standard InChI is InChI=1S/C17H19ClN2.ClH/c18-16-6-4-14(5-7-16)15-8-9-20(12-15)11-13-2-1-3-17(19)10-13;/h1-7,10,15H,8-9,11-12,19H2;1H. The maximum atomic E-state index is 5.95. The summed E-state index contributed by atoms with van der Waals surface area (Å²) in [6.45, 7) is 3.23. The Hall–Kier alpha value is -1.22. The minimum absolute atomic E-state index is 0. The summed E-state index contributed by atoms with van der Waals surface area (Å²) in [7, 11) is 0. The predicted octanol–water partition coefficient (Wildman–Crippen LogP) is 4.33. The normalized spacial score (nSPS) is 18.4. The second-order valence-electron chi connectivity index (χ2n) is 5.52. The first-order valence-electron chi connectivity index (χ1n) is 7.03. The number of halogens is 2. The summed E-state index contributed by atoms with van der Waals surface area (Å²) in [6.07, 6.45) is 1.21. The number of hydrogen-bond acceptors (Lipinski definition) is 2. The van der Waals surface area contributed by atoms with Crippen LogP contribution in [0.25, 0.3) is 0 Å². The first-order chi connectivity index (χ1) is 9.70. The fourth-order valence-electron chi connectivity index (χ4n) is 2.93. The Kier molecular flexibility index (Phi) is 5.51. The van der Waals surface area contributed by atoms with E-state index in [9.17, 15) is 0 Å². The summed E-state index contributed by atoms with van der Waals surface area (Å²) >= 11 is 5.95. The van der Waals surface area contributed by atoms with Gasteiger partial charge in [-0.3, -0.25) is 4.90 Å². The van der Waals surface area contributed by atoms with E-state index < -0.39 is 0 Å². The monoisotopic (exact) mass is 322 g/mol. The summed E-state index contributed by atoms with van der Waals surface area (Å²) in [4.78, 5) is 2.49. The molecule has 1 fully saturated rings. The zero-order valence-corrected chi connectivity index (χ0v) is 13.4. The molecule has 0 amide bonds. The molecule has 0 saturated carbocycles. The van der Waals surface area contributed by atoms with Gasteiger partial charge in [0, 0.05) is 23.8 Å². The summed E-state index contributed by atoms with van der Waals surface area (Å²) in [6, 6.07) is 16.4. The van der Waals surface area contributed by atoms with Crippen LogP contribution in [0.15, 0.2) is 48.5 Å². The SMILES string of the molecule is Cl.Nc1cccc(CN2CCC(c3ccc(Cl)cc3)C2)c1. The van der Waals surface area contributed by atoms with Crippen molar-refractivity contribution in [2.45, 2.75) is 18.9 Å². The van der Waals surface area contributed by atoms with E-state index in [-0.39, 0.29) is 12.4 Å². The molecule has 0 radical (unpaired) electrons. The topological polar surface area (TPSA) is 29.3 Å². The van der Waals surface area contributed by atoms with Crippen molar-refractivity contribution in [1.82, 2.24) is 4.90 Å². The summed E-state index contributed by atoms with van der Waals surface area (Å²) in [5.41, 5.74) is 9.36. The van der Waals surface area contributed by atoms with Gasteiger partial charge < -0.3 is 5.73 Å². The van der Waals surface area contributed by atoms with Crippen LogP contribution in [-0.2, 0) is 6.54 Å². The number of hydrogen-bond donors (Lipinski definition) is 1. The van der Waals surface area contributed by atoms with E-state index in [1.54, 1.807) is 0 Å². The van der Waals surface area contributed by atoms with E-state index in [1.807, 2.05) is 24.3 Å². The van der Waals surface area contributed by atoms with Crippen LogP contribution in [0, 0.1) is 0 Å². The van der Waals surface area contributed by atoms with Gasteiger partial charge in [0.05, 0.1) is 0 Å². The molecule has 21 heavy (non-hydrogen) atoms. The highest BCUT2D eigenvalue weighted by Crippen LogP contribution is 2.29. The minimum atomic E-state index is 0. The molecule has 0 aliphatic carbocycles. The lowest BCUT2D eigenvalue weighted by molar-refractivity contribution is 0.327. The van der Waals surface area contributed by atoms with Gasteiger partial charge in [-0.25, -0.2) is 0 Å². The van der Waals surface area contributed by atoms with Gasteiger partial charge in [-0.1, -0.05) is 35.9 Å². The second kappa shape index (κ2) is 7.17. The molecule has 2 aromatic carbocycles. The quantitative estimate of drug-likeness (QED) is 0.852. The average Bonchev–Trinajstić information content (AvgIpc) is 2.88. The van der Waals surface area contributed by atoms with Gasteiger partial charge >= 0.3 is 0 Å². The lowest BCUT2D eigenvalue weighted by Gasteiger charge is -2.16. The first kappa shape index (κ1) is 16.2. The molecule has 1 saturated heterocycles. The predicted molar refractivity (Wildman–Crippen MR) is 92.2 cm³/mol. The molecular weight excluding hydrogens is 303 g/mol. The Bertz CT molecular complexity index is 584. The molecule has 1 aliphatic heterocycles. The van der Waals surface area contributed by atoms with Crippen molar-refractivity contribution in [3.8, 4) is 0 Å². The summed E-state index contributed by atoms with van der Waals surface area (Å²) in [5, 5.41) is 0.809. The Morgan fingerprint density at radius 2 is 1.90 bits per heavy atom.